The zero-order valence-electron chi connectivity index (χ0n) is 29.0. The maximum Gasteiger partial charge on any atom is 0.341 e. The smallest absolute Gasteiger partial charge is 0.341 e. The minimum atomic E-state index is -4.08. The minimum Gasteiger partial charge on any atom is -0.422 e. The van der Waals surface area contributed by atoms with Crippen LogP contribution in [0.2, 0.25) is 5.02 Å². The monoisotopic (exact) mass is 726 g/mol. The van der Waals surface area contributed by atoms with Crippen molar-refractivity contribution < 1.29 is 27.2 Å². The van der Waals surface area contributed by atoms with E-state index in [0.29, 0.717) is 61.3 Å². The summed E-state index contributed by atoms with van der Waals surface area (Å²) in [6.07, 6.45) is 1.57. The fourth-order valence-electron chi connectivity index (χ4n) is 7.73. The fourth-order valence-corrected chi connectivity index (χ4v) is 8.55. The largest absolute Gasteiger partial charge is 0.422 e. The van der Waals surface area contributed by atoms with Gasteiger partial charge in [-0.3, -0.25) is 14.5 Å². The van der Waals surface area contributed by atoms with E-state index in [-0.39, 0.29) is 34.6 Å². The Balaban J connectivity index is 1.17. The van der Waals surface area contributed by atoms with Gasteiger partial charge < -0.3 is 23.9 Å². The summed E-state index contributed by atoms with van der Waals surface area (Å²) < 4.78 is 39.4. The first kappa shape index (κ1) is 34.7. The van der Waals surface area contributed by atoms with Gasteiger partial charge in [0, 0.05) is 82.7 Å². The Labute approximate surface area is 296 Å². The van der Waals surface area contributed by atoms with Crippen molar-refractivity contribution in [2.24, 2.45) is 11.8 Å². The number of anilines is 2. The highest BCUT2D eigenvalue weighted by Gasteiger charge is 2.46. The van der Waals surface area contributed by atoms with Crippen LogP contribution in [0.25, 0.3) is 11.0 Å². The summed E-state index contributed by atoms with van der Waals surface area (Å²) in [5.41, 5.74) is 4.05. The first-order valence-corrected chi connectivity index (χ1v) is 18.7. The second-order valence-corrected chi connectivity index (χ2v) is 16.5. The van der Waals surface area contributed by atoms with Crippen LogP contribution in [-0.4, -0.2) is 115 Å². The molecule has 4 aliphatic rings. The molecule has 0 bridgehead atoms. The van der Waals surface area contributed by atoms with Crippen molar-refractivity contribution in [3.63, 3.8) is 0 Å². The number of hydrogen-bond acceptors (Lipinski definition) is 10. The van der Waals surface area contributed by atoms with Crippen molar-refractivity contribution in [3.8, 4) is 0 Å². The second-order valence-electron chi connectivity index (χ2n) is 14.2. The number of ether oxygens (including phenoxy) is 1. The Hall–Kier alpha value is -3.69. The van der Waals surface area contributed by atoms with Gasteiger partial charge in [-0.25, -0.2) is 9.52 Å². The standard InChI is InChI=1S/C35H43ClN6O7S/c1-20-29(40-11-10-39(4)24(17-40)19-48-5)7-6-26-25-8-9-41(18-27(25)35(45)49-32(20)26)34(44)21-13-28(36)31(33(43)37-50(46,47)38(2)3)30(14-21)42-15-22-12-23(22)16-42/h6-7,13-14,22-24H,8-12,15-19H2,1-5H3,(H,37,43)/t22?,23?,24-/m1/s1. The average Bonchev–Trinajstić information content (AvgIpc) is 3.69. The molecule has 1 aliphatic carbocycles. The van der Waals surface area contributed by atoms with Gasteiger partial charge in [-0.05, 0) is 68.5 Å². The lowest BCUT2D eigenvalue weighted by molar-refractivity contribution is 0.0732. The maximum absolute atomic E-state index is 14.0. The van der Waals surface area contributed by atoms with E-state index in [2.05, 4.69) is 27.6 Å². The van der Waals surface area contributed by atoms with Crippen molar-refractivity contribution >= 4 is 56.0 Å². The number of halogens is 1. The second kappa shape index (κ2) is 13.1. The summed E-state index contributed by atoms with van der Waals surface area (Å²) in [7, 11) is 2.37. The molecule has 2 unspecified atom stereocenters. The highest BCUT2D eigenvalue weighted by Crippen LogP contribution is 2.47. The van der Waals surface area contributed by atoms with Crippen molar-refractivity contribution in [2.45, 2.75) is 32.4 Å². The van der Waals surface area contributed by atoms with Crippen LogP contribution in [-0.2, 0) is 27.9 Å². The molecule has 7 rings (SSSR count). The molecule has 13 nitrogen and oxygen atoms in total. The number of carbonyl (C=O) groups excluding carboxylic acids is 2. The topological polar surface area (TPSA) is 136 Å². The van der Waals surface area contributed by atoms with E-state index in [1.165, 1.54) is 20.2 Å². The minimum absolute atomic E-state index is 0.00609. The number of carbonyl (C=O) groups is 2. The molecule has 0 radical (unpaired) electrons. The number of fused-ring (bicyclic) bond motifs is 4. The number of amides is 2. The van der Waals surface area contributed by atoms with Crippen molar-refractivity contribution in [2.75, 3.05) is 83.9 Å². The van der Waals surface area contributed by atoms with E-state index in [0.717, 1.165) is 52.6 Å². The van der Waals surface area contributed by atoms with E-state index in [1.54, 1.807) is 18.1 Å². The van der Waals surface area contributed by atoms with Gasteiger partial charge in [0.1, 0.15) is 5.58 Å². The highest BCUT2D eigenvalue weighted by molar-refractivity contribution is 7.87. The lowest BCUT2D eigenvalue weighted by Crippen LogP contribution is -2.53. The third-order valence-electron chi connectivity index (χ3n) is 10.8. The van der Waals surface area contributed by atoms with Crippen LogP contribution in [0.1, 0.15) is 43.8 Å². The lowest BCUT2D eigenvalue weighted by Gasteiger charge is -2.41. The Bertz CT molecular complexity index is 2040. The van der Waals surface area contributed by atoms with Gasteiger partial charge in [0.05, 0.1) is 41.0 Å². The van der Waals surface area contributed by atoms with Crippen LogP contribution < -0.4 is 20.1 Å². The number of piperidine rings is 1. The van der Waals surface area contributed by atoms with Crippen LogP contribution in [0.4, 0.5) is 11.4 Å². The fraction of sp³-hybridized carbons (Fsp3) is 0.514. The van der Waals surface area contributed by atoms with Gasteiger partial charge in [-0.2, -0.15) is 12.7 Å². The van der Waals surface area contributed by atoms with E-state index >= 15 is 0 Å². The van der Waals surface area contributed by atoms with Gasteiger partial charge in [-0.1, -0.05) is 11.6 Å². The Morgan fingerprint density at radius 3 is 2.48 bits per heavy atom. The summed E-state index contributed by atoms with van der Waals surface area (Å²) >= 11 is 6.69. The molecule has 3 aromatic rings. The van der Waals surface area contributed by atoms with Crippen LogP contribution in [0, 0.1) is 18.8 Å². The number of benzene rings is 2. The van der Waals surface area contributed by atoms with Gasteiger partial charge >= 0.3 is 15.8 Å². The summed E-state index contributed by atoms with van der Waals surface area (Å²) in [6.45, 7) is 6.97. The Morgan fingerprint density at radius 2 is 1.78 bits per heavy atom. The number of aryl methyl sites for hydroxylation is 1. The van der Waals surface area contributed by atoms with Gasteiger partial charge in [0.2, 0.25) is 0 Å². The molecule has 2 amide bonds. The number of likely N-dealkylation sites (N-methyl/N-ethyl adjacent to an activating group) is 1. The molecule has 1 saturated carbocycles. The van der Waals surface area contributed by atoms with Crippen LogP contribution >= 0.6 is 11.6 Å². The zero-order chi connectivity index (χ0) is 35.6. The molecule has 2 aromatic carbocycles. The van der Waals surface area contributed by atoms with E-state index in [1.807, 2.05) is 17.9 Å². The van der Waals surface area contributed by atoms with Gasteiger partial charge in [-0.15, -0.1) is 0 Å². The molecule has 1 N–H and O–H groups in total. The quantitative estimate of drug-likeness (QED) is 0.346. The number of rotatable bonds is 8. The van der Waals surface area contributed by atoms with Crippen LogP contribution in [0.15, 0.2) is 33.5 Å². The van der Waals surface area contributed by atoms with E-state index < -0.39 is 21.7 Å². The molecule has 3 fully saturated rings. The molecule has 50 heavy (non-hydrogen) atoms. The number of nitrogens with one attached hydrogen (secondary N) is 1. The van der Waals surface area contributed by atoms with Crippen LogP contribution in [0.5, 0.6) is 0 Å². The first-order valence-electron chi connectivity index (χ1n) is 16.9. The molecular formula is C35H43ClN6O7S. The highest BCUT2D eigenvalue weighted by atomic mass is 35.5. The molecule has 3 aliphatic heterocycles. The predicted molar refractivity (Wildman–Crippen MR) is 192 cm³/mol. The van der Waals surface area contributed by atoms with E-state index in [4.69, 9.17) is 20.8 Å². The van der Waals surface area contributed by atoms with Gasteiger partial charge in [0.15, 0.2) is 0 Å². The van der Waals surface area contributed by atoms with Gasteiger partial charge in [0.25, 0.3) is 11.8 Å². The normalized spacial score (nSPS) is 22.2. The SMILES string of the molecule is COC[C@H]1CN(c2ccc3c4c(c(=O)oc3c2C)CN(C(=O)c2cc(Cl)c(C(=O)NS(=O)(=O)N(C)C)c(N3CC5CC5C3)c2)CC4)CCN1C. The molecule has 15 heteroatoms. The zero-order valence-corrected chi connectivity index (χ0v) is 30.6. The van der Waals surface area contributed by atoms with Crippen LogP contribution in [0.3, 0.4) is 0 Å². The van der Waals surface area contributed by atoms with E-state index in [9.17, 15) is 22.8 Å². The molecule has 0 spiro atoms. The number of piperazine rings is 1. The summed E-state index contributed by atoms with van der Waals surface area (Å²) in [5, 5.41) is 0.845. The number of hydrogen-bond donors (Lipinski definition) is 1. The third kappa shape index (κ3) is 6.25. The van der Waals surface area contributed by atoms with Crippen molar-refractivity contribution in [1.82, 2.24) is 18.8 Å². The predicted octanol–water partition coefficient (Wildman–Crippen LogP) is 2.71. The molecule has 1 aromatic heterocycles. The lowest BCUT2D eigenvalue weighted by atomic mass is 9.95. The summed E-state index contributed by atoms with van der Waals surface area (Å²) in [6, 6.07) is 7.39. The molecule has 268 valence electrons. The average molecular weight is 727 g/mol. The Kier molecular flexibility index (Phi) is 9.12. The maximum atomic E-state index is 14.0. The number of nitrogens with zero attached hydrogens (tertiary/aromatic N) is 5. The number of methoxy groups -OCH3 is 1. The summed E-state index contributed by atoms with van der Waals surface area (Å²) in [5.74, 6) is -0.217. The molecule has 4 heterocycles. The van der Waals surface area contributed by atoms with Crippen molar-refractivity contribution in [1.29, 1.82) is 0 Å². The Morgan fingerprint density at radius 1 is 1.04 bits per heavy atom. The molecule has 3 atom stereocenters. The molecular weight excluding hydrogens is 684 g/mol. The first-order chi connectivity index (χ1) is 23.8. The third-order valence-corrected chi connectivity index (χ3v) is 12.5. The van der Waals surface area contributed by atoms with Crippen molar-refractivity contribution in [3.05, 3.63) is 67.5 Å². The summed E-state index contributed by atoms with van der Waals surface area (Å²) in [4.78, 5) is 49.1. The molecule has 2 saturated heterocycles.